The van der Waals surface area contributed by atoms with Crippen molar-refractivity contribution in [2.24, 2.45) is 0 Å². The van der Waals surface area contributed by atoms with Gasteiger partial charge >= 0.3 is 12.0 Å². The molecule has 2 fully saturated rings. The van der Waals surface area contributed by atoms with Gasteiger partial charge in [-0.25, -0.2) is 9.59 Å². The van der Waals surface area contributed by atoms with E-state index < -0.39 is 35.5 Å². The molecule has 2 heterocycles. The molecule has 8 heteroatoms. The molecule has 0 unspecified atom stereocenters. The van der Waals surface area contributed by atoms with E-state index in [9.17, 15) is 19.2 Å². The van der Waals surface area contributed by atoms with E-state index in [0.717, 1.165) is 24.3 Å². The summed E-state index contributed by atoms with van der Waals surface area (Å²) in [7, 11) is 0. The summed E-state index contributed by atoms with van der Waals surface area (Å²) in [4.78, 5) is 49.5. The van der Waals surface area contributed by atoms with Gasteiger partial charge in [-0.15, -0.1) is 0 Å². The Labute approximate surface area is 149 Å². The van der Waals surface area contributed by atoms with Crippen molar-refractivity contribution < 1.29 is 23.9 Å². The molecule has 26 heavy (non-hydrogen) atoms. The Hall–Kier alpha value is -2.90. The van der Waals surface area contributed by atoms with Crippen LogP contribution < -0.4 is 10.7 Å². The number of imide groups is 1. The second-order valence-electron chi connectivity index (χ2n) is 6.94. The van der Waals surface area contributed by atoms with Crippen molar-refractivity contribution in [3.05, 3.63) is 35.4 Å². The van der Waals surface area contributed by atoms with E-state index >= 15 is 0 Å². The Morgan fingerprint density at radius 1 is 1.15 bits per heavy atom. The first kappa shape index (κ1) is 16.6. The van der Waals surface area contributed by atoms with Gasteiger partial charge in [0, 0.05) is 6.42 Å². The molecule has 1 aromatic rings. The molecular weight excluding hydrogens is 338 g/mol. The minimum absolute atomic E-state index is 0.197. The number of urea groups is 1. The number of nitrogens with one attached hydrogen (secondary N) is 2. The molecule has 0 radical (unpaired) electrons. The van der Waals surface area contributed by atoms with Crippen molar-refractivity contribution in [2.75, 3.05) is 0 Å². The Balaban J connectivity index is 1.48. The lowest BCUT2D eigenvalue weighted by molar-refractivity contribution is -0.143. The molecule has 1 saturated heterocycles. The van der Waals surface area contributed by atoms with Crippen LogP contribution >= 0.6 is 0 Å². The van der Waals surface area contributed by atoms with Crippen LogP contribution in [0.4, 0.5) is 4.79 Å². The van der Waals surface area contributed by atoms with Gasteiger partial charge in [0.05, 0.1) is 5.56 Å². The van der Waals surface area contributed by atoms with Crippen molar-refractivity contribution >= 4 is 23.8 Å². The number of carbonyl (C=O) groups excluding carboxylic acids is 4. The molecule has 0 aromatic heterocycles. The molecule has 1 saturated carbocycles. The second-order valence-corrected chi connectivity index (χ2v) is 6.94. The van der Waals surface area contributed by atoms with Gasteiger partial charge in [0.25, 0.3) is 11.8 Å². The van der Waals surface area contributed by atoms with E-state index in [1.165, 1.54) is 0 Å². The third-order valence-electron chi connectivity index (χ3n) is 5.28. The molecule has 2 aliphatic heterocycles. The highest BCUT2D eigenvalue weighted by molar-refractivity contribution is 6.08. The fourth-order valence-corrected chi connectivity index (χ4v) is 3.88. The highest BCUT2D eigenvalue weighted by Crippen LogP contribution is 2.33. The van der Waals surface area contributed by atoms with Crippen LogP contribution in [0, 0.1) is 0 Å². The first-order valence-corrected chi connectivity index (χ1v) is 8.76. The fourth-order valence-electron chi connectivity index (χ4n) is 3.88. The maximum Gasteiger partial charge on any atom is 0.344 e. The molecular formula is C18H19N3O5. The number of hydrazine groups is 1. The quantitative estimate of drug-likeness (QED) is 0.608. The van der Waals surface area contributed by atoms with Crippen LogP contribution in [0.1, 0.15) is 48.0 Å². The Bertz CT molecular complexity index is 800. The third-order valence-corrected chi connectivity index (χ3v) is 5.28. The van der Waals surface area contributed by atoms with Crippen LogP contribution in [0.2, 0.25) is 0 Å². The summed E-state index contributed by atoms with van der Waals surface area (Å²) in [5.41, 5.74) is 2.53. The monoisotopic (exact) mass is 357 g/mol. The van der Waals surface area contributed by atoms with Gasteiger partial charge in [0.15, 0.2) is 6.10 Å². The summed E-state index contributed by atoms with van der Waals surface area (Å²) >= 11 is 0. The SMILES string of the molecule is O=C1O[C@H](C(=O)NN2C(=O)NC3(CCCCC3)C2=O)Cc2ccccc21. The van der Waals surface area contributed by atoms with Gasteiger partial charge in [-0.05, 0) is 24.5 Å². The number of fused-ring (bicyclic) bond motifs is 1. The molecule has 136 valence electrons. The first-order chi connectivity index (χ1) is 12.5. The predicted molar refractivity (Wildman–Crippen MR) is 88.7 cm³/mol. The van der Waals surface area contributed by atoms with Crippen molar-refractivity contribution in [1.29, 1.82) is 0 Å². The number of amides is 4. The van der Waals surface area contributed by atoms with Gasteiger partial charge in [0.1, 0.15) is 5.54 Å². The fraction of sp³-hybridized carbons (Fsp3) is 0.444. The lowest BCUT2D eigenvalue weighted by Crippen LogP contribution is -2.54. The molecule has 1 atom stereocenters. The van der Waals surface area contributed by atoms with Gasteiger partial charge in [-0.3, -0.25) is 15.0 Å². The number of hydrogen-bond donors (Lipinski definition) is 2. The van der Waals surface area contributed by atoms with E-state index in [1.807, 2.05) is 0 Å². The van der Waals surface area contributed by atoms with Crippen LogP contribution in [0.25, 0.3) is 0 Å². The normalized spacial score (nSPS) is 24.1. The average molecular weight is 357 g/mol. The Morgan fingerprint density at radius 2 is 1.88 bits per heavy atom. The minimum Gasteiger partial charge on any atom is -0.448 e. The summed E-state index contributed by atoms with van der Waals surface area (Å²) < 4.78 is 5.17. The third kappa shape index (κ3) is 2.61. The number of esters is 1. The molecule has 3 aliphatic rings. The van der Waals surface area contributed by atoms with Crippen molar-refractivity contribution in [1.82, 2.24) is 15.8 Å². The summed E-state index contributed by atoms with van der Waals surface area (Å²) in [6.07, 6.45) is 2.97. The lowest BCUT2D eigenvalue weighted by atomic mass is 9.82. The molecule has 1 aliphatic carbocycles. The standard InChI is InChI=1S/C18H19N3O5/c22-14(13-10-11-6-2-3-7-12(11)15(23)26-13)20-21-16(24)18(19-17(21)25)8-4-1-5-9-18/h2-3,6-7,13H,1,4-5,8-10H2,(H,19,25)(H,20,22)/t13-/m0/s1. The number of ether oxygens (including phenoxy) is 1. The van der Waals surface area contributed by atoms with E-state index in [2.05, 4.69) is 10.7 Å². The summed E-state index contributed by atoms with van der Waals surface area (Å²) in [5.74, 6) is -1.73. The topological polar surface area (TPSA) is 105 Å². The largest absolute Gasteiger partial charge is 0.448 e. The minimum atomic E-state index is -1.08. The van der Waals surface area contributed by atoms with Gasteiger partial charge in [-0.1, -0.05) is 37.5 Å². The molecule has 2 N–H and O–H groups in total. The van der Waals surface area contributed by atoms with Crippen LogP contribution in [-0.2, 0) is 20.7 Å². The highest BCUT2D eigenvalue weighted by atomic mass is 16.5. The highest BCUT2D eigenvalue weighted by Gasteiger charge is 2.52. The molecule has 1 aromatic carbocycles. The van der Waals surface area contributed by atoms with E-state index in [-0.39, 0.29) is 6.42 Å². The smallest absolute Gasteiger partial charge is 0.344 e. The zero-order chi connectivity index (χ0) is 18.3. The summed E-state index contributed by atoms with van der Waals surface area (Å²) in [6.45, 7) is 0. The van der Waals surface area contributed by atoms with E-state index in [4.69, 9.17) is 4.74 Å². The van der Waals surface area contributed by atoms with Crippen LogP contribution in [0.3, 0.4) is 0 Å². The number of hydrogen-bond acceptors (Lipinski definition) is 5. The first-order valence-electron chi connectivity index (χ1n) is 8.76. The van der Waals surface area contributed by atoms with Crippen LogP contribution in [-0.4, -0.2) is 40.5 Å². The molecule has 8 nitrogen and oxygen atoms in total. The lowest BCUT2D eigenvalue weighted by Gasteiger charge is -2.30. The van der Waals surface area contributed by atoms with Crippen molar-refractivity contribution in [3.8, 4) is 0 Å². The van der Waals surface area contributed by atoms with Gasteiger partial charge in [-0.2, -0.15) is 5.01 Å². The van der Waals surface area contributed by atoms with Crippen LogP contribution in [0.5, 0.6) is 0 Å². The summed E-state index contributed by atoms with van der Waals surface area (Å²) in [6, 6.07) is 6.23. The number of rotatable bonds is 2. The summed E-state index contributed by atoms with van der Waals surface area (Å²) in [5, 5.41) is 3.44. The Kier molecular flexibility index (Phi) is 3.90. The maximum absolute atomic E-state index is 12.7. The van der Waals surface area contributed by atoms with Gasteiger partial charge in [0.2, 0.25) is 0 Å². The number of cyclic esters (lactones) is 1. The number of carbonyl (C=O) groups is 4. The maximum atomic E-state index is 12.7. The van der Waals surface area contributed by atoms with Crippen LogP contribution in [0.15, 0.2) is 24.3 Å². The molecule has 1 spiro atoms. The Morgan fingerprint density at radius 3 is 2.65 bits per heavy atom. The second kappa shape index (κ2) is 6.12. The zero-order valence-corrected chi connectivity index (χ0v) is 14.1. The number of nitrogens with zero attached hydrogens (tertiary/aromatic N) is 1. The van der Waals surface area contributed by atoms with E-state index in [1.54, 1.807) is 24.3 Å². The molecule has 4 amide bonds. The molecule has 4 rings (SSSR count). The van der Waals surface area contributed by atoms with E-state index in [0.29, 0.717) is 24.0 Å². The molecule has 0 bridgehead atoms. The predicted octanol–water partition coefficient (Wildman–Crippen LogP) is 1.05. The number of benzene rings is 1. The zero-order valence-electron chi connectivity index (χ0n) is 14.1. The van der Waals surface area contributed by atoms with Crippen molar-refractivity contribution in [2.45, 2.75) is 50.2 Å². The average Bonchev–Trinajstić information content (AvgIpc) is 2.86. The van der Waals surface area contributed by atoms with Crippen molar-refractivity contribution in [3.63, 3.8) is 0 Å². The van der Waals surface area contributed by atoms with Gasteiger partial charge < -0.3 is 10.1 Å².